The van der Waals surface area contributed by atoms with E-state index in [-0.39, 0.29) is 11.1 Å². The van der Waals surface area contributed by atoms with Crippen LogP contribution in [-0.2, 0) is 6.54 Å². The predicted octanol–water partition coefficient (Wildman–Crippen LogP) is 2.54. The number of thiophene rings is 1. The predicted molar refractivity (Wildman–Crippen MR) is 81.8 cm³/mol. The van der Waals surface area contributed by atoms with Crippen LogP contribution in [0.4, 0.5) is 5.69 Å². The number of hydrogen-bond donors (Lipinski definition) is 3. The van der Waals surface area contributed by atoms with Crippen molar-refractivity contribution in [3.8, 4) is 0 Å². The summed E-state index contributed by atoms with van der Waals surface area (Å²) in [6.07, 6.45) is 0. The van der Waals surface area contributed by atoms with E-state index in [1.165, 1.54) is 11.3 Å². The van der Waals surface area contributed by atoms with Gasteiger partial charge in [-0.15, -0.1) is 11.3 Å². The highest BCUT2D eigenvalue weighted by atomic mass is 35.5. The number of hydrogen-bond acceptors (Lipinski definition) is 4. The second-order valence-electron chi connectivity index (χ2n) is 4.22. The van der Waals surface area contributed by atoms with Crippen LogP contribution in [-0.4, -0.2) is 10.2 Å². The number of aromatic amines is 2. The van der Waals surface area contributed by atoms with Gasteiger partial charge in [0.05, 0.1) is 15.8 Å². The summed E-state index contributed by atoms with van der Waals surface area (Å²) in [5.74, 6) is 0. The van der Waals surface area contributed by atoms with Crippen LogP contribution in [0, 0.1) is 0 Å². The summed E-state index contributed by atoms with van der Waals surface area (Å²) in [6, 6.07) is 6.99. The molecule has 0 saturated heterocycles. The Labute approximate surface area is 122 Å². The molecule has 0 amide bonds. The van der Waals surface area contributed by atoms with Crippen molar-refractivity contribution in [3.63, 3.8) is 0 Å². The molecule has 2 heterocycles. The van der Waals surface area contributed by atoms with Crippen molar-refractivity contribution >= 4 is 39.4 Å². The third-order valence-corrected chi connectivity index (χ3v) is 4.18. The Hall–Kier alpha value is -2.05. The van der Waals surface area contributed by atoms with Crippen molar-refractivity contribution in [1.29, 1.82) is 0 Å². The van der Waals surface area contributed by atoms with Crippen molar-refractivity contribution in [2.45, 2.75) is 6.54 Å². The van der Waals surface area contributed by atoms with E-state index in [9.17, 15) is 9.59 Å². The minimum Gasteiger partial charge on any atom is -0.379 e. The quantitative estimate of drug-likeness (QED) is 0.696. The van der Waals surface area contributed by atoms with Gasteiger partial charge in [-0.25, -0.2) is 0 Å². The molecule has 5 nitrogen and oxygen atoms in total. The van der Waals surface area contributed by atoms with Crippen LogP contribution in [0.3, 0.4) is 0 Å². The number of aromatic nitrogens is 2. The van der Waals surface area contributed by atoms with Crippen molar-refractivity contribution in [2.24, 2.45) is 0 Å². The number of nitrogens with one attached hydrogen (secondary N) is 3. The minimum atomic E-state index is -0.327. The van der Waals surface area contributed by atoms with Gasteiger partial charge in [0.15, 0.2) is 0 Å². The molecule has 3 aromatic rings. The molecule has 0 spiro atoms. The second kappa shape index (κ2) is 5.15. The van der Waals surface area contributed by atoms with Crippen LogP contribution in [0.2, 0.25) is 5.02 Å². The Morgan fingerprint density at radius 3 is 2.75 bits per heavy atom. The maximum Gasteiger partial charge on any atom is 0.272 e. The first-order chi connectivity index (χ1) is 9.65. The van der Waals surface area contributed by atoms with Crippen molar-refractivity contribution < 1.29 is 0 Å². The zero-order valence-electron chi connectivity index (χ0n) is 10.2. The van der Waals surface area contributed by atoms with Crippen LogP contribution < -0.4 is 16.4 Å². The van der Waals surface area contributed by atoms with Crippen molar-refractivity contribution in [3.05, 3.63) is 60.3 Å². The first-order valence-corrected chi connectivity index (χ1v) is 7.11. The van der Waals surface area contributed by atoms with E-state index >= 15 is 0 Å². The zero-order valence-corrected chi connectivity index (χ0v) is 11.8. The van der Waals surface area contributed by atoms with E-state index in [0.29, 0.717) is 28.0 Å². The van der Waals surface area contributed by atoms with Gasteiger partial charge < -0.3 is 5.32 Å². The van der Waals surface area contributed by atoms with E-state index in [1.807, 2.05) is 11.4 Å². The van der Waals surface area contributed by atoms with Crippen LogP contribution >= 0.6 is 22.9 Å². The molecule has 0 saturated carbocycles. The van der Waals surface area contributed by atoms with Gasteiger partial charge in [-0.1, -0.05) is 17.7 Å². The molecule has 1 aromatic carbocycles. The summed E-state index contributed by atoms with van der Waals surface area (Å²) in [5, 5.41) is 11.1. The largest absolute Gasteiger partial charge is 0.379 e. The molecule has 0 bridgehead atoms. The number of benzene rings is 1. The molecule has 3 rings (SSSR count). The minimum absolute atomic E-state index is 0.317. The number of fused-ring (bicyclic) bond motifs is 1. The van der Waals surface area contributed by atoms with Gasteiger partial charge in [-0.3, -0.25) is 19.8 Å². The van der Waals surface area contributed by atoms with E-state index in [1.54, 1.807) is 18.2 Å². The lowest BCUT2D eigenvalue weighted by Crippen LogP contribution is -2.20. The fraction of sp³-hybridized carbons (Fsp3) is 0.0769. The summed E-state index contributed by atoms with van der Waals surface area (Å²) in [7, 11) is 0. The van der Waals surface area contributed by atoms with Gasteiger partial charge in [0.25, 0.3) is 11.1 Å². The van der Waals surface area contributed by atoms with Crippen LogP contribution in [0.25, 0.3) is 10.8 Å². The van der Waals surface area contributed by atoms with Crippen LogP contribution in [0.5, 0.6) is 0 Å². The standard InChI is InChI=1S/C13H10ClN3O2S/c14-7-4-8(20-6-7)5-15-10-3-1-2-9-11(10)13(19)17-16-12(9)18/h1-4,6,15H,5H2,(H,16,18)(H,17,19). The Morgan fingerprint density at radius 2 is 2.00 bits per heavy atom. The van der Waals surface area contributed by atoms with Gasteiger partial charge in [0, 0.05) is 22.5 Å². The SMILES string of the molecule is O=c1[nH][nH]c(=O)c2c(NCc3cc(Cl)cs3)cccc12. The highest BCUT2D eigenvalue weighted by Crippen LogP contribution is 2.22. The lowest BCUT2D eigenvalue weighted by atomic mass is 10.1. The molecule has 0 aliphatic heterocycles. The van der Waals surface area contributed by atoms with Gasteiger partial charge in [0.2, 0.25) is 0 Å². The lowest BCUT2D eigenvalue weighted by molar-refractivity contribution is 0.976. The number of halogens is 1. The first-order valence-electron chi connectivity index (χ1n) is 5.85. The molecule has 0 unspecified atom stereocenters. The molecule has 0 atom stereocenters. The maximum absolute atomic E-state index is 11.9. The van der Waals surface area contributed by atoms with E-state index < -0.39 is 0 Å². The van der Waals surface area contributed by atoms with Gasteiger partial charge in [0.1, 0.15) is 0 Å². The van der Waals surface area contributed by atoms with Gasteiger partial charge in [-0.05, 0) is 18.2 Å². The highest BCUT2D eigenvalue weighted by molar-refractivity contribution is 7.10. The fourth-order valence-electron chi connectivity index (χ4n) is 2.01. The molecule has 0 aliphatic carbocycles. The second-order valence-corrected chi connectivity index (χ2v) is 5.65. The molecule has 0 radical (unpaired) electrons. The summed E-state index contributed by atoms with van der Waals surface area (Å²) >= 11 is 7.40. The summed E-state index contributed by atoms with van der Waals surface area (Å²) < 4.78 is 0. The smallest absolute Gasteiger partial charge is 0.272 e. The Morgan fingerprint density at radius 1 is 1.20 bits per heavy atom. The molecular weight excluding hydrogens is 298 g/mol. The molecule has 3 N–H and O–H groups in total. The average molecular weight is 308 g/mol. The van der Waals surface area contributed by atoms with Crippen molar-refractivity contribution in [1.82, 2.24) is 10.2 Å². The number of H-pyrrole nitrogens is 2. The molecular formula is C13H10ClN3O2S. The van der Waals surface area contributed by atoms with E-state index in [0.717, 1.165) is 4.88 Å². The lowest BCUT2D eigenvalue weighted by Gasteiger charge is -2.07. The molecule has 7 heteroatoms. The molecule has 0 fully saturated rings. The fourth-order valence-corrected chi connectivity index (χ4v) is 3.02. The average Bonchev–Trinajstić information content (AvgIpc) is 2.86. The Bertz CT molecular complexity index is 881. The third-order valence-electron chi connectivity index (χ3n) is 2.90. The highest BCUT2D eigenvalue weighted by Gasteiger charge is 2.08. The third kappa shape index (κ3) is 2.35. The Kier molecular flexibility index (Phi) is 3.33. The molecule has 0 aliphatic rings. The molecule has 20 heavy (non-hydrogen) atoms. The number of rotatable bonds is 3. The van der Waals surface area contributed by atoms with Crippen LogP contribution in [0.1, 0.15) is 4.88 Å². The first kappa shape index (κ1) is 13.0. The van der Waals surface area contributed by atoms with E-state index in [2.05, 4.69) is 15.5 Å². The van der Waals surface area contributed by atoms with E-state index in [4.69, 9.17) is 11.6 Å². The van der Waals surface area contributed by atoms with Crippen LogP contribution in [0.15, 0.2) is 39.2 Å². The van der Waals surface area contributed by atoms with Crippen molar-refractivity contribution in [2.75, 3.05) is 5.32 Å². The topological polar surface area (TPSA) is 77.8 Å². The monoisotopic (exact) mass is 307 g/mol. The normalized spacial score (nSPS) is 10.8. The zero-order chi connectivity index (χ0) is 14.1. The summed E-state index contributed by atoms with van der Waals surface area (Å²) in [6.45, 7) is 0.544. The summed E-state index contributed by atoms with van der Waals surface area (Å²) in [5.41, 5.74) is -0.0197. The number of anilines is 1. The van der Waals surface area contributed by atoms with Gasteiger partial charge in [-0.2, -0.15) is 0 Å². The Balaban J connectivity index is 2.01. The maximum atomic E-state index is 11.9. The van der Waals surface area contributed by atoms with Gasteiger partial charge >= 0.3 is 0 Å². The molecule has 102 valence electrons. The summed E-state index contributed by atoms with van der Waals surface area (Å²) in [4.78, 5) is 24.6. The molecule has 2 aromatic heterocycles.